The number of carbonyl (C=O) groups excluding carboxylic acids is 2. The van der Waals surface area contributed by atoms with Gasteiger partial charge in [-0.3, -0.25) is 9.59 Å². The highest BCUT2D eigenvalue weighted by Gasteiger charge is 2.23. The molecule has 2 aliphatic carbocycles. The molecular weight excluding hydrogens is 264 g/mol. The van der Waals surface area contributed by atoms with Gasteiger partial charge in [0.1, 0.15) is 0 Å². The van der Waals surface area contributed by atoms with E-state index in [1.54, 1.807) is 0 Å². The fourth-order valence-electron chi connectivity index (χ4n) is 3.66. The van der Waals surface area contributed by atoms with Crippen LogP contribution in [0.4, 0.5) is 0 Å². The van der Waals surface area contributed by atoms with E-state index in [4.69, 9.17) is 0 Å². The molecule has 0 aliphatic heterocycles. The van der Waals surface area contributed by atoms with Crippen molar-refractivity contribution in [2.45, 2.75) is 64.7 Å². The van der Waals surface area contributed by atoms with Crippen molar-refractivity contribution in [1.82, 2.24) is 10.6 Å². The molecule has 0 aromatic carbocycles. The highest BCUT2D eigenvalue weighted by molar-refractivity contribution is 5.85. The lowest BCUT2D eigenvalue weighted by Crippen LogP contribution is -2.41. The van der Waals surface area contributed by atoms with Gasteiger partial charge in [0.25, 0.3) is 0 Å². The van der Waals surface area contributed by atoms with Crippen LogP contribution in [0.15, 0.2) is 0 Å². The van der Waals surface area contributed by atoms with Crippen LogP contribution in [0.2, 0.25) is 0 Å². The molecule has 0 atom stereocenters. The second-order valence-electron chi connectivity index (χ2n) is 6.80. The monoisotopic (exact) mass is 294 g/mol. The van der Waals surface area contributed by atoms with Crippen molar-refractivity contribution in [1.29, 1.82) is 0 Å². The first-order chi connectivity index (χ1) is 10.2. The Labute approximate surface area is 128 Å². The van der Waals surface area contributed by atoms with Crippen molar-refractivity contribution in [2.75, 3.05) is 13.1 Å². The molecule has 0 aromatic rings. The Balaban J connectivity index is 1.56. The second kappa shape index (κ2) is 8.40. The molecule has 21 heavy (non-hydrogen) atoms. The van der Waals surface area contributed by atoms with E-state index in [0.717, 1.165) is 38.1 Å². The first-order valence-electron chi connectivity index (χ1n) is 8.73. The van der Waals surface area contributed by atoms with Crippen LogP contribution in [0.3, 0.4) is 0 Å². The van der Waals surface area contributed by atoms with Crippen LogP contribution in [0, 0.1) is 17.8 Å². The molecule has 120 valence electrons. The maximum absolute atomic E-state index is 11.8. The maximum Gasteiger partial charge on any atom is 0.239 e. The molecule has 4 nitrogen and oxygen atoms in total. The zero-order chi connectivity index (χ0) is 15.1. The van der Waals surface area contributed by atoms with Crippen LogP contribution >= 0.6 is 0 Å². The quantitative estimate of drug-likeness (QED) is 0.791. The summed E-state index contributed by atoms with van der Waals surface area (Å²) in [5, 5.41) is 5.75. The smallest absolute Gasteiger partial charge is 0.239 e. The minimum Gasteiger partial charge on any atom is -0.354 e. The zero-order valence-electron chi connectivity index (χ0n) is 13.3. The Morgan fingerprint density at radius 1 is 0.905 bits per heavy atom. The van der Waals surface area contributed by atoms with Crippen LogP contribution < -0.4 is 10.6 Å². The topological polar surface area (TPSA) is 58.2 Å². The molecule has 0 spiro atoms. The van der Waals surface area contributed by atoms with E-state index in [1.807, 2.05) is 0 Å². The van der Waals surface area contributed by atoms with Gasteiger partial charge in [0, 0.05) is 12.5 Å². The summed E-state index contributed by atoms with van der Waals surface area (Å²) in [6.07, 6.45) is 10.6. The molecule has 0 radical (unpaired) electrons. The molecule has 2 rings (SSSR count). The molecule has 0 saturated heterocycles. The van der Waals surface area contributed by atoms with E-state index >= 15 is 0 Å². The van der Waals surface area contributed by atoms with Crippen molar-refractivity contribution in [3.05, 3.63) is 0 Å². The van der Waals surface area contributed by atoms with Gasteiger partial charge in [0.2, 0.25) is 11.8 Å². The third-order valence-corrected chi connectivity index (χ3v) is 5.28. The summed E-state index contributed by atoms with van der Waals surface area (Å²) in [6, 6.07) is 0. The van der Waals surface area contributed by atoms with Gasteiger partial charge in [-0.15, -0.1) is 0 Å². The molecule has 2 amide bonds. The molecular formula is C17H30N2O2. The minimum absolute atomic E-state index is 0.0426. The molecule has 0 bridgehead atoms. The fraction of sp³-hybridized carbons (Fsp3) is 0.882. The zero-order valence-corrected chi connectivity index (χ0v) is 13.3. The van der Waals surface area contributed by atoms with Gasteiger partial charge in [0.15, 0.2) is 0 Å². The first-order valence-corrected chi connectivity index (χ1v) is 8.73. The molecule has 2 saturated carbocycles. The van der Waals surface area contributed by atoms with Gasteiger partial charge in [-0.1, -0.05) is 39.0 Å². The Morgan fingerprint density at radius 2 is 1.52 bits per heavy atom. The van der Waals surface area contributed by atoms with E-state index in [1.165, 1.54) is 32.1 Å². The van der Waals surface area contributed by atoms with Crippen LogP contribution in [0.5, 0.6) is 0 Å². The van der Waals surface area contributed by atoms with Gasteiger partial charge >= 0.3 is 0 Å². The van der Waals surface area contributed by atoms with Crippen LogP contribution in [-0.4, -0.2) is 24.9 Å². The van der Waals surface area contributed by atoms with Crippen LogP contribution in [0.1, 0.15) is 64.7 Å². The predicted molar refractivity (Wildman–Crippen MR) is 83.7 cm³/mol. The van der Waals surface area contributed by atoms with Gasteiger partial charge in [-0.2, -0.15) is 0 Å². The lowest BCUT2D eigenvalue weighted by atomic mass is 9.81. The normalized spacial score (nSPS) is 26.5. The van der Waals surface area contributed by atoms with Crippen LogP contribution in [0.25, 0.3) is 0 Å². The third-order valence-electron chi connectivity index (χ3n) is 5.28. The summed E-state index contributed by atoms with van der Waals surface area (Å²) in [5.74, 6) is 1.68. The molecule has 0 unspecified atom stereocenters. The van der Waals surface area contributed by atoms with Gasteiger partial charge in [0.05, 0.1) is 6.54 Å². The van der Waals surface area contributed by atoms with E-state index in [0.29, 0.717) is 5.92 Å². The second-order valence-corrected chi connectivity index (χ2v) is 6.80. The van der Waals surface area contributed by atoms with Gasteiger partial charge in [-0.05, 0) is 37.5 Å². The minimum atomic E-state index is -0.0426. The van der Waals surface area contributed by atoms with Crippen molar-refractivity contribution in [3.8, 4) is 0 Å². The van der Waals surface area contributed by atoms with Gasteiger partial charge in [-0.25, -0.2) is 0 Å². The molecule has 2 aliphatic rings. The number of hydrogen-bond acceptors (Lipinski definition) is 2. The molecule has 2 fully saturated rings. The van der Waals surface area contributed by atoms with E-state index in [9.17, 15) is 9.59 Å². The van der Waals surface area contributed by atoms with Crippen molar-refractivity contribution >= 4 is 11.8 Å². The van der Waals surface area contributed by atoms with Crippen molar-refractivity contribution in [3.63, 3.8) is 0 Å². The lowest BCUT2D eigenvalue weighted by Gasteiger charge is -2.27. The number of nitrogens with one attached hydrogen (secondary N) is 2. The number of amides is 2. The Morgan fingerprint density at radius 3 is 2.14 bits per heavy atom. The third kappa shape index (κ3) is 5.33. The summed E-state index contributed by atoms with van der Waals surface area (Å²) in [7, 11) is 0. The molecule has 0 aromatic heterocycles. The largest absolute Gasteiger partial charge is 0.354 e. The SMILES string of the molecule is CCC1CCC(CNC(=O)CNC(=O)C2CCCC2)CC1. The van der Waals surface area contributed by atoms with Crippen LogP contribution in [-0.2, 0) is 9.59 Å². The predicted octanol–water partition coefficient (Wildman–Crippen LogP) is 2.63. The highest BCUT2D eigenvalue weighted by Crippen LogP contribution is 2.30. The summed E-state index contributed by atoms with van der Waals surface area (Å²) < 4.78 is 0. The molecule has 0 heterocycles. The standard InChI is InChI=1S/C17H30N2O2/c1-2-13-7-9-14(10-8-13)11-18-16(20)12-19-17(21)15-5-3-4-6-15/h13-15H,2-12H2,1H3,(H,18,20)(H,19,21). The summed E-state index contributed by atoms with van der Waals surface area (Å²) in [5.41, 5.74) is 0. The first kappa shape index (κ1) is 16.3. The van der Waals surface area contributed by atoms with E-state index in [2.05, 4.69) is 17.6 Å². The molecule has 2 N–H and O–H groups in total. The Kier molecular flexibility index (Phi) is 6.52. The Hall–Kier alpha value is -1.06. The van der Waals surface area contributed by atoms with Crippen molar-refractivity contribution in [2.24, 2.45) is 17.8 Å². The average molecular weight is 294 g/mol. The lowest BCUT2D eigenvalue weighted by molar-refractivity contribution is -0.128. The average Bonchev–Trinajstić information content (AvgIpc) is 3.05. The fourth-order valence-corrected chi connectivity index (χ4v) is 3.66. The summed E-state index contributed by atoms with van der Waals surface area (Å²) in [6.45, 7) is 3.17. The molecule has 4 heteroatoms. The maximum atomic E-state index is 11.8. The van der Waals surface area contributed by atoms with E-state index in [-0.39, 0.29) is 24.3 Å². The number of carbonyl (C=O) groups is 2. The van der Waals surface area contributed by atoms with Gasteiger partial charge < -0.3 is 10.6 Å². The number of hydrogen-bond donors (Lipinski definition) is 2. The number of rotatable bonds is 6. The highest BCUT2D eigenvalue weighted by atomic mass is 16.2. The van der Waals surface area contributed by atoms with Crippen molar-refractivity contribution < 1.29 is 9.59 Å². The Bertz CT molecular complexity index is 343. The summed E-state index contributed by atoms with van der Waals surface area (Å²) >= 11 is 0. The summed E-state index contributed by atoms with van der Waals surface area (Å²) in [4.78, 5) is 23.6. The van der Waals surface area contributed by atoms with E-state index < -0.39 is 0 Å².